The molecular formula is C18H23N6S+. The van der Waals surface area contributed by atoms with Crippen molar-refractivity contribution in [2.75, 3.05) is 17.6 Å². The number of hydrogen-bond donors (Lipinski definition) is 3. The van der Waals surface area contributed by atoms with E-state index in [1.165, 1.54) is 9.78 Å². The van der Waals surface area contributed by atoms with Crippen LogP contribution in [-0.4, -0.2) is 21.5 Å². The first-order chi connectivity index (χ1) is 12.1. The molecular weight excluding hydrogens is 332 g/mol. The van der Waals surface area contributed by atoms with Crippen molar-refractivity contribution in [3.05, 3.63) is 58.0 Å². The number of nitrogens with one attached hydrogen (secondary N) is 2. The maximum Gasteiger partial charge on any atom is 0.232 e. The molecule has 6 nitrogen and oxygen atoms in total. The van der Waals surface area contributed by atoms with Crippen molar-refractivity contribution in [2.45, 2.75) is 26.9 Å². The Bertz CT molecular complexity index is 818. The fraction of sp³-hybridized carbons (Fsp3) is 0.278. The number of rotatable bonds is 7. The molecule has 0 aliphatic rings. The molecule has 3 rings (SSSR count). The summed E-state index contributed by atoms with van der Waals surface area (Å²) in [6, 6.07) is 12.3. The summed E-state index contributed by atoms with van der Waals surface area (Å²) in [5, 5.41) is 5.35. The second kappa shape index (κ2) is 8.04. The summed E-state index contributed by atoms with van der Waals surface area (Å²) in [7, 11) is 0. The van der Waals surface area contributed by atoms with Crippen molar-refractivity contribution in [3.8, 4) is 0 Å². The summed E-state index contributed by atoms with van der Waals surface area (Å²) in [5.41, 5.74) is 7.99. The molecule has 1 atom stereocenters. The Morgan fingerprint density at radius 2 is 1.92 bits per heavy atom. The number of benzene rings is 1. The maximum atomic E-state index is 5.89. The second-order valence-corrected chi connectivity index (χ2v) is 6.94. The van der Waals surface area contributed by atoms with Gasteiger partial charge in [0.05, 0.1) is 11.4 Å². The molecule has 0 spiro atoms. The molecule has 2 heterocycles. The van der Waals surface area contributed by atoms with Crippen LogP contribution < -0.4 is 16.0 Å². The van der Waals surface area contributed by atoms with Gasteiger partial charge in [-0.15, -0.1) is 11.3 Å². The van der Waals surface area contributed by atoms with Crippen LogP contribution in [0.3, 0.4) is 0 Å². The van der Waals surface area contributed by atoms with E-state index in [-0.39, 0.29) is 5.95 Å². The molecule has 0 amide bonds. The zero-order chi connectivity index (χ0) is 17.6. The number of nitrogen functional groups attached to an aromatic ring is 1. The Morgan fingerprint density at radius 1 is 1.08 bits per heavy atom. The van der Waals surface area contributed by atoms with Crippen molar-refractivity contribution < 1.29 is 4.90 Å². The highest BCUT2D eigenvalue weighted by atomic mass is 32.1. The Morgan fingerprint density at radius 3 is 2.64 bits per heavy atom. The number of aryl methyl sites for hydroxylation is 1. The van der Waals surface area contributed by atoms with E-state index in [9.17, 15) is 0 Å². The summed E-state index contributed by atoms with van der Waals surface area (Å²) in [6.45, 7) is 6.87. The Labute approximate surface area is 151 Å². The lowest BCUT2D eigenvalue weighted by molar-refractivity contribution is -0.926. The van der Waals surface area contributed by atoms with E-state index >= 15 is 0 Å². The van der Waals surface area contributed by atoms with Crippen molar-refractivity contribution in [3.63, 3.8) is 0 Å². The van der Waals surface area contributed by atoms with Crippen LogP contribution in [0.25, 0.3) is 0 Å². The first kappa shape index (κ1) is 17.3. The molecule has 0 saturated heterocycles. The maximum absolute atomic E-state index is 5.89. The molecule has 0 radical (unpaired) electrons. The Hall–Kier alpha value is -2.51. The standard InChI is InChI=1S/C18H22N6S/c1-3-24(11-14-8-6-10-25-14)12-16-21-17(19)23-18(22-16)20-15-9-5-4-7-13(15)2/h4-10H,3,11-12H2,1-2H3,(H3,19,20,21,22,23)/p+1. The quantitative estimate of drug-likeness (QED) is 0.605. The van der Waals surface area contributed by atoms with Gasteiger partial charge in [-0.05, 0) is 36.9 Å². The van der Waals surface area contributed by atoms with E-state index < -0.39 is 0 Å². The van der Waals surface area contributed by atoms with E-state index in [1.807, 2.05) is 31.2 Å². The highest BCUT2D eigenvalue weighted by molar-refractivity contribution is 7.09. The van der Waals surface area contributed by atoms with Crippen LogP contribution in [0.15, 0.2) is 41.8 Å². The number of thiophene rings is 1. The van der Waals surface area contributed by atoms with Crippen molar-refractivity contribution >= 4 is 28.9 Å². The van der Waals surface area contributed by atoms with Crippen LogP contribution in [0.1, 0.15) is 23.2 Å². The highest BCUT2D eigenvalue weighted by Crippen LogP contribution is 2.17. The largest absolute Gasteiger partial charge is 0.368 e. The van der Waals surface area contributed by atoms with Crippen LogP contribution >= 0.6 is 11.3 Å². The third-order valence-corrected chi connectivity index (χ3v) is 4.88. The molecule has 1 unspecified atom stereocenters. The summed E-state index contributed by atoms with van der Waals surface area (Å²) < 4.78 is 0. The van der Waals surface area contributed by atoms with Gasteiger partial charge < -0.3 is 16.0 Å². The van der Waals surface area contributed by atoms with Gasteiger partial charge in [0.1, 0.15) is 13.1 Å². The normalized spacial score (nSPS) is 12.1. The molecule has 25 heavy (non-hydrogen) atoms. The number of anilines is 3. The lowest BCUT2D eigenvalue weighted by Crippen LogP contribution is -3.09. The minimum Gasteiger partial charge on any atom is -0.368 e. The van der Waals surface area contributed by atoms with Crippen LogP contribution in [0.5, 0.6) is 0 Å². The van der Waals surface area contributed by atoms with Crippen LogP contribution in [0, 0.1) is 6.92 Å². The molecule has 2 aromatic heterocycles. The van der Waals surface area contributed by atoms with E-state index in [0.29, 0.717) is 18.3 Å². The van der Waals surface area contributed by atoms with Crippen LogP contribution in [0.2, 0.25) is 0 Å². The average Bonchev–Trinajstić information content (AvgIpc) is 3.09. The monoisotopic (exact) mass is 355 g/mol. The highest BCUT2D eigenvalue weighted by Gasteiger charge is 2.14. The Balaban J connectivity index is 1.75. The third-order valence-electron chi connectivity index (χ3n) is 4.00. The number of aromatic nitrogens is 3. The summed E-state index contributed by atoms with van der Waals surface area (Å²) in [4.78, 5) is 15.8. The van der Waals surface area contributed by atoms with Gasteiger partial charge >= 0.3 is 0 Å². The smallest absolute Gasteiger partial charge is 0.232 e. The Kier molecular flexibility index (Phi) is 5.57. The predicted molar refractivity (Wildman–Crippen MR) is 102 cm³/mol. The van der Waals surface area contributed by atoms with Crippen molar-refractivity contribution in [2.24, 2.45) is 0 Å². The van der Waals surface area contributed by atoms with Gasteiger partial charge in [0.25, 0.3) is 0 Å². The van der Waals surface area contributed by atoms with E-state index in [0.717, 1.165) is 24.3 Å². The van der Waals surface area contributed by atoms with Gasteiger partial charge in [-0.2, -0.15) is 15.0 Å². The molecule has 0 bridgehead atoms. The number of quaternary nitrogens is 1. The SMILES string of the molecule is CC[NH+](Cc1nc(N)nc(Nc2ccccc2C)n1)Cc1cccs1. The van der Waals surface area contributed by atoms with E-state index in [2.05, 4.69) is 44.7 Å². The lowest BCUT2D eigenvalue weighted by Gasteiger charge is -2.16. The summed E-state index contributed by atoms with van der Waals surface area (Å²) >= 11 is 1.78. The minimum atomic E-state index is 0.243. The molecule has 1 aromatic carbocycles. The lowest BCUT2D eigenvalue weighted by atomic mass is 10.2. The summed E-state index contributed by atoms with van der Waals surface area (Å²) in [5.74, 6) is 1.44. The molecule has 130 valence electrons. The zero-order valence-corrected chi connectivity index (χ0v) is 15.3. The topological polar surface area (TPSA) is 81.2 Å². The fourth-order valence-corrected chi connectivity index (χ4v) is 3.38. The molecule has 0 aliphatic carbocycles. The minimum absolute atomic E-state index is 0.243. The number of para-hydroxylation sites is 1. The predicted octanol–water partition coefficient (Wildman–Crippen LogP) is 2.17. The van der Waals surface area contributed by atoms with Gasteiger partial charge in [-0.1, -0.05) is 24.3 Å². The molecule has 0 aliphatic heterocycles. The van der Waals surface area contributed by atoms with E-state index in [4.69, 9.17) is 5.73 Å². The molecule has 0 saturated carbocycles. The van der Waals surface area contributed by atoms with Gasteiger partial charge in [-0.3, -0.25) is 0 Å². The van der Waals surface area contributed by atoms with Crippen LogP contribution in [0.4, 0.5) is 17.6 Å². The van der Waals surface area contributed by atoms with Gasteiger partial charge in [0, 0.05) is 5.69 Å². The number of hydrogen-bond acceptors (Lipinski definition) is 6. The molecule has 4 N–H and O–H groups in total. The first-order valence-corrected chi connectivity index (χ1v) is 9.21. The number of nitrogens with two attached hydrogens (primary N) is 1. The van der Waals surface area contributed by atoms with E-state index in [1.54, 1.807) is 11.3 Å². The molecule has 7 heteroatoms. The molecule has 3 aromatic rings. The second-order valence-electron chi connectivity index (χ2n) is 5.91. The van der Waals surface area contributed by atoms with Crippen molar-refractivity contribution in [1.82, 2.24) is 15.0 Å². The summed E-state index contributed by atoms with van der Waals surface area (Å²) in [6.07, 6.45) is 0. The first-order valence-electron chi connectivity index (χ1n) is 8.33. The molecule has 0 fully saturated rings. The van der Waals surface area contributed by atoms with Crippen molar-refractivity contribution in [1.29, 1.82) is 0 Å². The fourth-order valence-electron chi connectivity index (χ4n) is 2.60. The average molecular weight is 355 g/mol. The third kappa shape index (κ3) is 4.74. The van der Waals surface area contributed by atoms with Gasteiger partial charge in [0.15, 0.2) is 5.82 Å². The van der Waals surface area contributed by atoms with Gasteiger partial charge in [-0.25, -0.2) is 0 Å². The number of nitrogens with zero attached hydrogens (tertiary/aromatic N) is 3. The van der Waals surface area contributed by atoms with Gasteiger partial charge in [0.2, 0.25) is 11.9 Å². The zero-order valence-electron chi connectivity index (χ0n) is 14.5. The van der Waals surface area contributed by atoms with Crippen LogP contribution in [-0.2, 0) is 13.1 Å².